The lowest BCUT2D eigenvalue weighted by Crippen LogP contribution is -2.57. The van der Waals surface area contributed by atoms with E-state index < -0.39 is 23.9 Å². The molecule has 9 nitrogen and oxygen atoms in total. The molecule has 2 fully saturated rings. The van der Waals surface area contributed by atoms with Crippen molar-refractivity contribution in [1.29, 1.82) is 0 Å². The number of halogens is 4. The molecular formula is C26H24ClF3N6O3. The molecule has 2 saturated heterocycles. The van der Waals surface area contributed by atoms with Crippen molar-refractivity contribution < 1.29 is 27.8 Å². The first-order chi connectivity index (χ1) is 18.4. The van der Waals surface area contributed by atoms with E-state index in [0.29, 0.717) is 48.7 Å². The maximum Gasteiger partial charge on any atom is 0.434 e. The number of anilines is 2. The van der Waals surface area contributed by atoms with E-state index in [-0.39, 0.29) is 27.6 Å². The van der Waals surface area contributed by atoms with Crippen molar-refractivity contribution in [2.45, 2.75) is 32.5 Å². The van der Waals surface area contributed by atoms with Crippen LogP contribution >= 0.6 is 11.6 Å². The zero-order chi connectivity index (χ0) is 27.7. The summed E-state index contributed by atoms with van der Waals surface area (Å²) in [5.74, 6) is -0.877. The molecule has 0 aliphatic carbocycles. The van der Waals surface area contributed by atoms with Crippen LogP contribution in [0.25, 0.3) is 16.6 Å². The molecule has 204 valence electrons. The van der Waals surface area contributed by atoms with Crippen molar-refractivity contribution in [1.82, 2.24) is 19.4 Å². The third-order valence-electron chi connectivity index (χ3n) is 7.37. The van der Waals surface area contributed by atoms with E-state index in [4.69, 9.17) is 21.3 Å². The lowest BCUT2D eigenvalue weighted by molar-refractivity contribution is -0.140. The molecule has 1 aromatic carbocycles. The second-order valence-electron chi connectivity index (χ2n) is 10.3. The van der Waals surface area contributed by atoms with Crippen molar-refractivity contribution in [3.63, 3.8) is 0 Å². The minimum atomic E-state index is -4.62. The molecule has 0 amide bonds. The molecule has 0 radical (unpaired) electrons. The first-order valence-corrected chi connectivity index (χ1v) is 12.7. The number of carboxylic acids is 1. The van der Waals surface area contributed by atoms with Crippen molar-refractivity contribution >= 4 is 45.8 Å². The Morgan fingerprint density at radius 1 is 1.23 bits per heavy atom. The molecular weight excluding hydrogens is 537 g/mol. The monoisotopic (exact) mass is 560 g/mol. The zero-order valence-corrected chi connectivity index (χ0v) is 21.8. The Labute approximate surface area is 225 Å². The van der Waals surface area contributed by atoms with Crippen LogP contribution in [0.3, 0.4) is 0 Å². The van der Waals surface area contributed by atoms with Gasteiger partial charge in [0.2, 0.25) is 5.95 Å². The first kappa shape index (κ1) is 25.6. The fourth-order valence-corrected chi connectivity index (χ4v) is 5.65. The SMILES string of the molecule is Cc1cc([C@@H](C)Nc2ccc(Cl)nc2C(=O)O)c2nc(N3CC4(CCOC4)C3)n3cc(C(F)(F)F)nc3c2c1. The molecule has 4 aromatic rings. The van der Waals surface area contributed by atoms with E-state index in [9.17, 15) is 23.1 Å². The molecule has 5 heterocycles. The molecule has 2 N–H and O–H groups in total. The van der Waals surface area contributed by atoms with Crippen molar-refractivity contribution in [2.24, 2.45) is 5.41 Å². The largest absolute Gasteiger partial charge is 0.476 e. The number of carbonyl (C=O) groups is 1. The summed E-state index contributed by atoms with van der Waals surface area (Å²) in [7, 11) is 0. The Kier molecular flexibility index (Phi) is 5.88. The van der Waals surface area contributed by atoms with E-state index in [1.807, 2.05) is 24.8 Å². The van der Waals surface area contributed by atoms with Crippen molar-refractivity contribution in [3.8, 4) is 0 Å². The smallest absolute Gasteiger partial charge is 0.434 e. The molecule has 6 rings (SSSR count). The number of ether oxygens (including phenoxy) is 1. The van der Waals surface area contributed by atoms with Gasteiger partial charge in [-0.25, -0.2) is 19.7 Å². The quantitative estimate of drug-likeness (QED) is 0.315. The summed E-state index contributed by atoms with van der Waals surface area (Å²) < 4.78 is 48.3. The molecule has 1 atom stereocenters. The van der Waals surface area contributed by atoms with Gasteiger partial charge in [-0.2, -0.15) is 13.2 Å². The van der Waals surface area contributed by atoms with Gasteiger partial charge in [0.15, 0.2) is 11.4 Å². The number of aromatic carboxylic acids is 1. The van der Waals surface area contributed by atoms with Gasteiger partial charge in [-0.1, -0.05) is 17.7 Å². The van der Waals surface area contributed by atoms with Gasteiger partial charge in [0, 0.05) is 42.3 Å². The number of hydrogen-bond acceptors (Lipinski definition) is 7. The highest BCUT2D eigenvalue weighted by Gasteiger charge is 2.47. The van der Waals surface area contributed by atoms with Crippen LogP contribution < -0.4 is 10.2 Å². The molecule has 0 unspecified atom stereocenters. The number of nitrogens with zero attached hydrogens (tertiary/aromatic N) is 5. The number of aryl methyl sites for hydroxylation is 1. The lowest BCUT2D eigenvalue weighted by atomic mass is 9.79. The average Bonchev–Trinajstić information content (AvgIpc) is 3.51. The topological polar surface area (TPSA) is 105 Å². The summed E-state index contributed by atoms with van der Waals surface area (Å²) in [6.07, 6.45) is -2.73. The van der Waals surface area contributed by atoms with E-state index in [1.54, 1.807) is 6.07 Å². The average molecular weight is 561 g/mol. The number of benzene rings is 1. The van der Waals surface area contributed by atoms with Gasteiger partial charge in [0.25, 0.3) is 0 Å². The Hall–Kier alpha value is -3.64. The predicted molar refractivity (Wildman–Crippen MR) is 139 cm³/mol. The van der Waals surface area contributed by atoms with Gasteiger partial charge in [-0.3, -0.25) is 4.40 Å². The molecule has 1 spiro atoms. The highest BCUT2D eigenvalue weighted by atomic mass is 35.5. The number of rotatable bonds is 5. The molecule has 2 aliphatic heterocycles. The number of alkyl halides is 3. The van der Waals surface area contributed by atoms with Crippen molar-refractivity contribution in [2.75, 3.05) is 36.5 Å². The van der Waals surface area contributed by atoms with Crippen LogP contribution in [0.5, 0.6) is 0 Å². The predicted octanol–water partition coefficient (Wildman–Crippen LogP) is 5.36. The van der Waals surface area contributed by atoms with Crippen molar-refractivity contribution in [3.05, 3.63) is 58.1 Å². The number of fused-ring (bicyclic) bond motifs is 3. The molecule has 39 heavy (non-hydrogen) atoms. The van der Waals surface area contributed by atoms with Crippen LogP contribution in [0.15, 0.2) is 30.5 Å². The van der Waals surface area contributed by atoms with Gasteiger partial charge in [0.1, 0.15) is 10.8 Å². The van der Waals surface area contributed by atoms with E-state index >= 15 is 0 Å². The number of imidazole rings is 1. The third-order valence-corrected chi connectivity index (χ3v) is 7.58. The number of aromatic nitrogens is 4. The second-order valence-corrected chi connectivity index (χ2v) is 10.7. The van der Waals surface area contributed by atoms with Crippen LogP contribution in [-0.4, -0.2) is 56.7 Å². The Morgan fingerprint density at radius 2 is 2.00 bits per heavy atom. The highest BCUT2D eigenvalue weighted by Crippen LogP contribution is 2.42. The Balaban J connectivity index is 1.50. The minimum absolute atomic E-state index is 0.0177. The molecule has 13 heteroatoms. The van der Waals surface area contributed by atoms with Crippen LogP contribution in [-0.2, 0) is 10.9 Å². The Bertz CT molecular complexity index is 1630. The van der Waals surface area contributed by atoms with Crippen LogP contribution in [0.2, 0.25) is 5.15 Å². The Morgan fingerprint density at radius 3 is 2.67 bits per heavy atom. The standard InChI is InChI=1S/C26H24ClF3N6O3/c1-13-7-15(14(2)31-17-3-4-19(27)33-21(17)23(37)38)20-16(8-13)22-32-18(26(28,29)30)9-36(22)24(34-20)35-10-25(11-35)5-6-39-12-25/h3-4,7-9,14,31H,5-6,10-12H2,1-2H3,(H,37,38)/t14-/m1/s1. The number of hydrogen-bond donors (Lipinski definition) is 2. The van der Waals surface area contributed by atoms with Gasteiger partial charge in [-0.05, 0) is 44.0 Å². The molecule has 0 saturated carbocycles. The number of carboxylic acid groups (broad SMARTS) is 1. The summed E-state index contributed by atoms with van der Waals surface area (Å²) in [6, 6.07) is 6.16. The lowest BCUT2D eigenvalue weighted by Gasteiger charge is -2.47. The van der Waals surface area contributed by atoms with E-state index in [0.717, 1.165) is 18.2 Å². The normalized spacial score (nSPS) is 17.6. The fraction of sp³-hybridized carbons (Fsp3) is 0.385. The summed E-state index contributed by atoms with van der Waals surface area (Å²) in [6.45, 7) is 6.17. The van der Waals surface area contributed by atoms with Gasteiger partial charge < -0.3 is 20.1 Å². The molecule has 3 aromatic heterocycles. The second kappa shape index (κ2) is 8.95. The van der Waals surface area contributed by atoms with Gasteiger partial charge in [0.05, 0.1) is 23.9 Å². The summed E-state index contributed by atoms with van der Waals surface area (Å²) in [5.41, 5.74) is 1.10. The van der Waals surface area contributed by atoms with E-state index in [1.165, 1.54) is 16.5 Å². The summed E-state index contributed by atoms with van der Waals surface area (Å²) in [4.78, 5) is 26.5. The van der Waals surface area contributed by atoms with Crippen LogP contribution in [0.1, 0.15) is 46.7 Å². The maximum atomic E-state index is 13.8. The first-order valence-electron chi connectivity index (χ1n) is 12.3. The fourth-order valence-electron chi connectivity index (χ4n) is 5.50. The zero-order valence-electron chi connectivity index (χ0n) is 21.0. The van der Waals surface area contributed by atoms with Crippen LogP contribution in [0, 0.1) is 12.3 Å². The number of nitrogens with one attached hydrogen (secondary N) is 1. The summed E-state index contributed by atoms with van der Waals surface area (Å²) in [5, 5.41) is 13.3. The minimum Gasteiger partial charge on any atom is -0.476 e. The number of pyridine rings is 1. The van der Waals surface area contributed by atoms with E-state index in [2.05, 4.69) is 15.3 Å². The molecule has 0 bridgehead atoms. The van der Waals surface area contributed by atoms with Gasteiger partial charge >= 0.3 is 12.1 Å². The summed E-state index contributed by atoms with van der Waals surface area (Å²) >= 11 is 5.90. The van der Waals surface area contributed by atoms with Gasteiger partial charge in [-0.15, -0.1) is 0 Å². The third kappa shape index (κ3) is 4.41. The molecule has 2 aliphatic rings. The maximum absolute atomic E-state index is 13.8. The highest BCUT2D eigenvalue weighted by molar-refractivity contribution is 6.29. The van der Waals surface area contributed by atoms with Crippen LogP contribution in [0.4, 0.5) is 24.8 Å².